The predicted octanol–water partition coefficient (Wildman–Crippen LogP) is 3.75. The summed E-state index contributed by atoms with van der Waals surface area (Å²) in [7, 11) is -2.99. The van der Waals surface area contributed by atoms with Crippen molar-refractivity contribution < 1.29 is 26.9 Å². The van der Waals surface area contributed by atoms with E-state index in [9.17, 15) is 22.2 Å². The van der Waals surface area contributed by atoms with E-state index in [4.69, 9.17) is 4.74 Å². The highest BCUT2D eigenvalue weighted by molar-refractivity contribution is 7.86. The number of hydrogen-bond donors (Lipinski definition) is 2. The minimum atomic E-state index is -4.52. The topological polar surface area (TPSA) is 105 Å². The Kier molecular flexibility index (Phi) is 7.01. The number of nitrogens with zero attached hydrogens (tertiary/aromatic N) is 1. The first-order chi connectivity index (χ1) is 15.2. The molecule has 0 aromatic heterocycles. The van der Waals surface area contributed by atoms with E-state index in [0.29, 0.717) is 11.3 Å². The van der Waals surface area contributed by atoms with E-state index < -0.39 is 21.8 Å². The summed E-state index contributed by atoms with van der Waals surface area (Å²) in [4.78, 5) is 11.9. The molecule has 166 valence electrons. The maximum Gasteiger partial charge on any atom is 0.295 e. The molecule has 3 aromatic rings. The molecule has 0 saturated carbocycles. The molecule has 9 heteroatoms. The molecule has 0 aliphatic carbocycles. The zero-order valence-electron chi connectivity index (χ0n) is 17.4. The largest absolute Gasteiger partial charge is 0.497 e. The number of carbonyl (C=O) groups excluding carboxylic acids is 1. The Labute approximate surface area is 185 Å². The molecule has 3 rings (SSSR count). The number of nitrogens with one attached hydrogen (secondary N) is 1. The highest BCUT2D eigenvalue weighted by Crippen LogP contribution is 2.31. The number of ether oxygens (including phenoxy) is 1. The highest BCUT2D eigenvalue weighted by atomic mass is 32.2. The van der Waals surface area contributed by atoms with Gasteiger partial charge in [0.2, 0.25) is 5.91 Å². The van der Waals surface area contributed by atoms with Gasteiger partial charge in [-0.2, -0.15) is 13.5 Å². The maximum atomic E-state index is 13.9. The summed E-state index contributed by atoms with van der Waals surface area (Å²) in [6, 6.07) is 15.1. The number of aryl methyl sites for hydroxylation is 1. The molecular weight excluding hydrogens is 435 g/mol. The maximum absolute atomic E-state index is 13.9. The van der Waals surface area contributed by atoms with E-state index in [1.165, 1.54) is 31.5 Å². The Morgan fingerprint density at radius 2 is 1.91 bits per heavy atom. The smallest absolute Gasteiger partial charge is 0.295 e. The van der Waals surface area contributed by atoms with Gasteiger partial charge in [0.1, 0.15) is 16.5 Å². The molecule has 0 heterocycles. The Morgan fingerprint density at radius 1 is 1.12 bits per heavy atom. The Hall–Kier alpha value is -3.56. The molecule has 0 aliphatic rings. The zero-order valence-corrected chi connectivity index (χ0v) is 18.2. The number of halogens is 1. The molecule has 0 fully saturated rings. The third-order valence-electron chi connectivity index (χ3n) is 4.61. The van der Waals surface area contributed by atoms with E-state index in [1.54, 1.807) is 43.3 Å². The predicted molar refractivity (Wildman–Crippen MR) is 119 cm³/mol. The van der Waals surface area contributed by atoms with Crippen LogP contribution in [0.4, 0.5) is 4.39 Å². The van der Waals surface area contributed by atoms with Gasteiger partial charge in [-0.15, -0.1) is 0 Å². The standard InChI is InChI=1S/C23H21FN2O5S/c1-15-6-9-22(32(28,29)30)21(10-15)20-8-7-18(24)13-17(20)14-25-26-23(27)12-16-4-3-5-19(11-16)31-2/h3-11,13-14H,12H2,1-2H3,(H,26,27)(H,28,29,30). The van der Waals surface area contributed by atoms with Crippen LogP contribution in [0.15, 0.2) is 70.7 Å². The number of methoxy groups -OCH3 is 1. The Balaban J connectivity index is 1.87. The van der Waals surface area contributed by atoms with Crippen molar-refractivity contribution in [3.63, 3.8) is 0 Å². The number of amides is 1. The second kappa shape index (κ2) is 9.71. The van der Waals surface area contributed by atoms with Crippen LogP contribution in [0.25, 0.3) is 11.1 Å². The second-order valence-corrected chi connectivity index (χ2v) is 8.42. The number of hydrogen-bond acceptors (Lipinski definition) is 5. The van der Waals surface area contributed by atoms with Gasteiger partial charge in [0.25, 0.3) is 10.1 Å². The first-order valence-electron chi connectivity index (χ1n) is 9.50. The van der Waals surface area contributed by atoms with E-state index in [2.05, 4.69) is 10.5 Å². The zero-order chi connectivity index (χ0) is 23.3. The van der Waals surface area contributed by atoms with Crippen LogP contribution >= 0.6 is 0 Å². The first kappa shape index (κ1) is 23.1. The van der Waals surface area contributed by atoms with Crippen molar-refractivity contribution in [2.45, 2.75) is 18.2 Å². The third-order valence-corrected chi connectivity index (χ3v) is 5.52. The molecule has 0 bridgehead atoms. The van der Waals surface area contributed by atoms with Gasteiger partial charge in [0.15, 0.2) is 0 Å². The van der Waals surface area contributed by atoms with Gasteiger partial charge in [0, 0.05) is 11.1 Å². The lowest BCUT2D eigenvalue weighted by Gasteiger charge is -2.11. The van der Waals surface area contributed by atoms with E-state index in [-0.39, 0.29) is 22.4 Å². The number of benzene rings is 3. The lowest BCUT2D eigenvalue weighted by atomic mass is 9.98. The van der Waals surface area contributed by atoms with Crippen molar-refractivity contribution in [2.24, 2.45) is 5.10 Å². The molecule has 1 amide bonds. The van der Waals surface area contributed by atoms with Gasteiger partial charge >= 0.3 is 0 Å². The van der Waals surface area contributed by atoms with Crippen molar-refractivity contribution in [1.82, 2.24) is 5.43 Å². The third kappa shape index (κ3) is 5.77. The number of rotatable bonds is 7. The van der Waals surface area contributed by atoms with Crippen LogP contribution in [0.1, 0.15) is 16.7 Å². The summed E-state index contributed by atoms with van der Waals surface area (Å²) in [5.74, 6) is -0.350. The van der Waals surface area contributed by atoms with Gasteiger partial charge in [-0.05, 0) is 48.4 Å². The monoisotopic (exact) mass is 456 g/mol. The normalized spacial score (nSPS) is 11.5. The fraction of sp³-hybridized carbons (Fsp3) is 0.130. The molecule has 0 atom stereocenters. The van der Waals surface area contributed by atoms with Crippen LogP contribution in [-0.4, -0.2) is 32.2 Å². The summed E-state index contributed by atoms with van der Waals surface area (Å²) in [6.07, 6.45) is 1.27. The Bertz CT molecular complexity index is 1290. The molecule has 3 aromatic carbocycles. The minimum absolute atomic E-state index is 0.0509. The van der Waals surface area contributed by atoms with Gasteiger partial charge in [-0.25, -0.2) is 9.82 Å². The molecule has 2 N–H and O–H groups in total. The van der Waals surface area contributed by atoms with E-state index >= 15 is 0 Å². The fourth-order valence-corrected chi connectivity index (χ4v) is 3.83. The molecule has 0 aliphatic heterocycles. The fourth-order valence-electron chi connectivity index (χ4n) is 3.15. The average molecular weight is 456 g/mol. The van der Waals surface area contributed by atoms with Crippen LogP contribution in [0.5, 0.6) is 5.75 Å². The van der Waals surface area contributed by atoms with Gasteiger partial charge in [0.05, 0.1) is 19.7 Å². The lowest BCUT2D eigenvalue weighted by molar-refractivity contribution is -0.120. The quantitative estimate of drug-likeness (QED) is 0.320. The van der Waals surface area contributed by atoms with Crippen molar-refractivity contribution in [2.75, 3.05) is 7.11 Å². The van der Waals surface area contributed by atoms with Crippen LogP contribution in [0.2, 0.25) is 0 Å². The number of hydrazone groups is 1. The molecule has 0 saturated heterocycles. The van der Waals surface area contributed by atoms with E-state index in [0.717, 1.165) is 17.2 Å². The highest BCUT2D eigenvalue weighted by Gasteiger charge is 2.19. The van der Waals surface area contributed by atoms with E-state index in [1.807, 2.05) is 0 Å². The van der Waals surface area contributed by atoms with Crippen molar-refractivity contribution >= 4 is 22.2 Å². The summed E-state index contributed by atoms with van der Waals surface area (Å²) < 4.78 is 52.3. The second-order valence-electron chi connectivity index (χ2n) is 7.03. The Morgan fingerprint density at radius 3 is 2.62 bits per heavy atom. The van der Waals surface area contributed by atoms with Gasteiger partial charge in [-0.3, -0.25) is 9.35 Å². The summed E-state index contributed by atoms with van der Waals surface area (Å²) >= 11 is 0. The minimum Gasteiger partial charge on any atom is -0.497 e. The van der Waals surface area contributed by atoms with Crippen molar-refractivity contribution in [3.05, 3.63) is 83.2 Å². The molecule has 7 nitrogen and oxygen atoms in total. The summed E-state index contributed by atoms with van der Waals surface area (Å²) in [5, 5.41) is 3.89. The lowest BCUT2D eigenvalue weighted by Crippen LogP contribution is -2.19. The van der Waals surface area contributed by atoms with Crippen molar-refractivity contribution in [1.29, 1.82) is 0 Å². The number of carbonyl (C=O) groups is 1. The molecular formula is C23H21FN2O5S. The van der Waals surface area contributed by atoms with Crippen LogP contribution in [0, 0.1) is 12.7 Å². The first-order valence-corrected chi connectivity index (χ1v) is 10.9. The molecule has 0 unspecified atom stereocenters. The van der Waals surface area contributed by atoms with Gasteiger partial charge in [-0.1, -0.05) is 35.9 Å². The van der Waals surface area contributed by atoms with Gasteiger partial charge < -0.3 is 4.74 Å². The molecule has 0 spiro atoms. The molecule has 32 heavy (non-hydrogen) atoms. The summed E-state index contributed by atoms with van der Waals surface area (Å²) in [5.41, 5.74) is 4.58. The average Bonchev–Trinajstić information content (AvgIpc) is 2.73. The van der Waals surface area contributed by atoms with Crippen LogP contribution in [-0.2, 0) is 21.3 Å². The molecule has 0 radical (unpaired) electrons. The van der Waals surface area contributed by atoms with Crippen molar-refractivity contribution in [3.8, 4) is 16.9 Å². The van der Waals surface area contributed by atoms with Crippen LogP contribution < -0.4 is 10.2 Å². The SMILES string of the molecule is COc1cccc(CC(=O)NN=Cc2cc(F)ccc2-c2cc(C)ccc2S(=O)(=O)O)c1. The summed E-state index contributed by atoms with van der Waals surface area (Å²) in [6.45, 7) is 1.76. The van der Waals surface area contributed by atoms with Crippen LogP contribution in [0.3, 0.4) is 0 Å².